The zero-order valence-electron chi connectivity index (χ0n) is 7.63. The zero-order valence-corrected chi connectivity index (χ0v) is 7.63. The van der Waals surface area contributed by atoms with Crippen LogP contribution in [-0.4, -0.2) is 39.6 Å². The molecule has 0 bridgehead atoms. The largest absolute Gasteiger partial charge is 0.382 e. The second-order valence-corrected chi connectivity index (χ2v) is 2.33. The molecular formula is C8H18O3. The number of rotatable bonds is 7. The van der Waals surface area contributed by atoms with Gasteiger partial charge in [0.1, 0.15) is 0 Å². The fourth-order valence-corrected chi connectivity index (χ4v) is 0.665. The van der Waals surface area contributed by atoms with Gasteiger partial charge in [-0.15, -0.1) is 0 Å². The van der Waals surface area contributed by atoms with E-state index in [1.165, 1.54) is 0 Å². The molecule has 3 nitrogen and oxygen atoms in total. The van der Waals surface area contributed by atoms with Gasteiger partial charge < -0.3 is 14.2 Å². The van der Waals surface area contributed by atoms with Gasteiger partial charge in [0.25, 0.3) is 0 Å². The molecule has 0 saturated carbocycles. The predicted octanol–water partition coefficient (Wildman–Crippen LogP) is 1.07. The summed E-state index contributed by atoms with van der Waals surface area (Å²) in [6.45, 7) is 6.67. The molecule has 0 amide bonds. The Hall–Kier alpha value is -0.120. The predicted molar refractivity (Wildman–Crippen MR) is 43.8 cm³/mol. The van der Waals surface area contributed by atoms with Gasteiger partial charge in [-0.25, -0.2) is 0 Å². The van der Waals surface area contributed by atoms with Gasteiger partial charge in [0.15, 0.2) is 0 Å². The van der Waals surface area contributed by atoms with E-state index in [9.17, 15) is 0 Å². The molecule has 0 heterocycles. The molecule has 0 N–H and O–H groups in total. The molecule has 0 aliphatic carbocycles. The van der Waals surface area contributed by atoms with Gasteiger partial charge in [-0.3, -0.25) is 0 Å². The summed E-state index contributed by atoms with van der Waals surface area (Å²) >= 11 is 0. The Labute approximate surface area is 68.6 Å². The molecule has 1 unspecified atom stereocenters. The minimum atomic E-state index is 0.171. The van der Waals surface area contributed by atoms with Crippen molar-refractivity contribution in [2.45, 2.75) is 20.0 Å². The molecule has 0 saturated heterocycles. The van der Waals surface area contributed by atoms with Crippen LogP contribution in [0.4, 0.5) is 0 Å². The Morgan fingerprint density at radius 1 is 1.27 bits per heavy atom. The third kappa shape index (κ3) is 7.78. The summed E-state index contributed by atoms with van der Waals surface area (Å²) in [6.07, 6.45) is 0.171. The van der Waals surface area contributed by atoms with Crippen LogP contribution in [0, 0.1) is 0 Å². The van der Waals surface area contributed by atoms with E-state index >= 15 is 0 Å². The zero-order chi connectivity index (χ0) is 8.53. The number of ether oxygens (including phenoxy) is 3. The summed E-state index contributed by atoms with van der Waals surface area (Å²) in [4.78, 5) is 0. The second kappa shape index (κ2) is 7.98. The van der Waals surface area contributed by atoms with Crippen molar-refractivity contribution >= 4 is 0 Å². The summed E-state index contributed by atoms with van der Waals surface area (Å²) in [6, 6.07) is 0. The van der Waals surface area contributed by atoms with E-state index in [1.807, 2.05) is 13.8 Å². The molecule has 11 heavy (non-hydrogen) atoms. The maximum atomic E-state index is 5.33. The first-order chi connectivity index (χ1) is 5.31. The molecule has 0 aliphatic heterocycles. The van der Waals surface area contributed by atoms with Gasteiger partial charge in [-0.1, -0.05) is 0 Å². The first-order valence-corrected chi connectivity index (χ1v) is 3.99. The Bertz CT molecular complexity index is 75.7. The van der Waals surface area contributed by atoms with Crippen LogP contribution in [0.5, 0.6) is 0 Å². The SMILES string of the molecule is CCOCC(C)OCCOC. The summed E-state index contributed by atoms with van der Waals surface area (Å²) in [5.41, 5.74) is 0. The highest BCUT2D eigenvalue weighted by atomic mass is 16.5. The Morgan fingerprint density at radius 2 is 2.00 bits per heavy atom. The molecule has 1 atom stereocenters. The first kappa shape index (κ1) is 10.9. The van der Waals surface area contributed by atoms with Crippen LogP contribution in [0.2, 0.25) is 0 Å². The minimum absolute atomic E-state index is 0.171. The molecular weight excluding hydrogens is 144 g/mol. The molecule has 0 aromatic rings. The van der Waals surface area contributed by atoms with Crippen molar-refractivity contribution in [3.05, 3.63) is 0 Å². The quantitative estimate of drug-likeness (QED) is 0.524. The van der Waals surface area contributed by atoms with Crippen LogP contribution < -0.4 is 0 Å². The van der Waals surface area contributed by atoms with E-state index in [0.29, 0.717) is 19.8 Å². The highest BCUT2D eigenvalue weighted by molar-refractivity contribution is 4.45. The van der Waals surface area contributed by atoms with Crippen molar-refractivity contribution in [3.63, 3.8) is 0 Å². The van der Waals surface area contributed by atoms with Gasteiger partial charge in [-0.2, -0.15) is 0 Å². The van der Waals surface area contributed by atoms with Crippen molar-refractivity contribution in [2.75, 3.05) is 33.5 Å². The maximum absolute atomic E-state index is 5.33. The normalized spacial score (nSPS) is 13.4. The third-order valence-electron chi connectivity index (χ3n) is 1.25. The van der Waals surface area contributed by atoms with Crippen LogP contribution in [0.1, 0.15) is 13.8 Å². The number of methoxy groups -OCH3 is 1. The fourth-order valence-electron chi connectivity index (χ4n) is 0.665. The lowest BCUT2D eigenvalue weighted by molar-refractivity contribution is -0.0211. The summed E-state index contributed by atoms with van der Waals surface area (Å²) in [5.74, 6) is 0. The lowest BCUT2D eigenvalue weighted by Crippen LogP contribution is -2.18. The van der Waals surface area contributed by atoms with Gasteiger partial charge in [0.2, 0.25) is 0 Å². The Balaban J connectivity index is 3.02. The van der Waals surface area contributed by atoms with Crippen molar-refractivity contribution in [1.82, 2.24) is 0 Å². The minimum Gasteiger partial charge on any atom is -0.382 e. The average Bonchev–Trinajstić information content (AvgIpc) is 2.01. The maximum Gasteiger partial charge on any atom is 0.0781 e. The van der Waals surface area contributed by atoms with Crippen LogP contribution in [0.3, 0.4) is 0 Å². The summed E-state index contributed by atoms with van der Waals surface area (Å²) < 4.78 is 15.3. The molecule has 0 fully saturated rings. The molecule has 0 spiro atoms. The Morgan fingerprint density at radius 3 is 2.55 bits per heavy atom. The lowest BCUT2D eigenvalue weighted by Gasteiger charge is -2.11. The van der Waals surface area contributed by atoms with Crippen molar-refractivity contribution in [2.24, 2.45) is 0 Å². The van der Waals surface area contributed by atoms with Crippen LogP contribution in [-0.2, 0) is 14.2 Å². The smallest absolute Gasteiger partial charge is 0.0781 e. The van der Waals surface area contributed by atoms with Gasteiger partial charge in [-0.05, 0) is 13.8 Å². The molecule has 0 aliphatic rings. The molecule has 68 valence electrons. The third-order valence-corrected chi connectivity index (χ3v) is 1.25. The van der Waals surface area contributed by atoms with E-state index in [2.05, 4.69) is 0 Å². The van der Waals surface area contributed by atoms with Crippen LogP contribution in [0.15, 0.2) is 0 Å². The van der Waals surface area contributed by atoms with E-state index in [4.69, 9.17) is 14.2 Å². The first-order valence-electron chi connectivity index (χ1n) is 3.99. The van der Waals surface area contributed by atoms with Crippen LogP contribution in [0.25, 0.3) is 0 Å². The van der Waals surface area contributed by atoms with Crippen molar-refractivity contribution in [1.29, 1.82) is 0 Å². The van der Waals surface area contributed by atoms with Crippen molar-refractivity contribution in [3.8, 4) is 0 Å². The number of hydrogen-bond acceptors (Lipinski definition) is 3. The monoisotopic (exact) mass is 162 g/mol. The fraction of sp³-hybridized carbons (Fsp3) is 1.00. The standard InChI is InChI=1S/C8H18O3/c1-4-10-7-8(2)11-6-5-9-3/h8H,4-7H2,1-3H3. The average molecular weight is 162 g/mol. The topological polar surface area (TPSA) is 27.7 Å². The van der Waals surface area contributed by atoms with E-state index in [-0.39, 0.29) is 6.10 Å². The van der Waals surface area contributed by atoms with Gasteiger partial charge in [0, 0.05) is 13.7 Å². The summed E-state index contributed by atoms with van der Waals surface area (Å²) in [7, 11) is 1.66. The highest BCUT2D eigenvalue weighted by Crippen LogP contribution is 1.91. The van der Waals surface area contributed by atoms with E-state index in [0.717, 1.165) is 6.61 Å². The van der Waals surface area contributed by atoms with Gasteiger partial charge >= 0.3 is 0 Å². The van der Waals surface area contributed by atoms with E-state index < -0.39 is 0 Å². The second-order valence-electron chi connectivity index (χ2n) is 2.33. The number of hydrogen-bond donors (Lipinski definition) is 0. The molecule has 0 aromatic heterocycles. The Kier molecular flexibility index (Phi) is 7.89. The molecule has 0 aromatic carbocycles. The van der Waals surface area contributed by atoms with E-state index in [1.54, 1.807) is 7.11 Å². The molecule has 3 heteroatoms. The van der Waals surface area contributed by atoms with Crippen LogP contribution >= 0.6 is 0 Å². The highest BCUT2D eigenvalue weighted by Gasteiger charge is 1.99. The molecule has 0 rings (SSSR count). The lowest BCUT2D eigenvalue weighted by atomic mass is 10.4. The molecule has 0 radical (unpaired) electrons. The van der Waals surface area contributed by atoms with Gasteiger partial charge in [0.05, 0.1) is 25.9 Å². The van der Waals surface area contributed by atoms with Crippen molar-refractivity contribution < 1.29 is 14.2 Å². The summed E-state index contributed by atoms with van der Waals surface area (Å²) in [5, 5.41) is 0.